The highest BCUT2D eigenvalue weighted by atomic mass is 79.9. The van der Waals surface area contributed by atoms with Crippen molar-refractivity contribution >= 4 is 67.0 Å². The van der Waals surface area contributed by atoms with Gasteiger partial charge in [-0.1, -0.05) is 39.0 Å². The summed E-state index contributed by atoms with van der Waals surface area (Å²) in [6.07, 6.45) is 2.00. The molecule has 1 amide bonds. The fourth-order valence-corrected chi connectivity index (χ4v) is 5.34. The summed E-state index contributed by atoms with van der Waals surface area (Å²) < 4.78 is 12.6. The van der Waals surface area contributed by atoms with Crippen molar-refractivity contribution in [1.82, 2.24) is 10.2 Å². The van der Waals surface area contributed by atoms with Gasteiger partial charge < -0.3 is 9.15 Å². The topological polar surface area (TPSA) is 85.5 Å². The molecule has 2 aromatic heterocycles. The Hall–Kier alpha value is -1.91. The number of amides is 1. The third-order valence-electron chi connectivity index (χ3n) is 4.41. The second-order valence-corrected chi connectivity index (χ2v) is 9.62. The number of aromatic nitrogens is 2. The Morgan fingerprint density at radius 1 is 1.38 bits per heavy atom. The lowest BCUT2D eigenvalue weighted by atomic mass is 10.1. The Balaban J connectivity index is 1.59. The number of ether oxygens (including phenoxy) is 1. The maximum atomic E-state index is 12.4. The van der Waals surface area contributed by atoms with Gasteiger partial charge >= 0.3 is 5.97 Å². The standard InChI is InChI=1S/C19H18BrN3O4S2/c1-3-26-17(25)16-14(13-8-11(20)4-7-15(13)27-16)9-28-19-22-21-18(29-19)23(10(2)24)12-5-6-12/h4,7-8,12H,3,5-6,9H2,1-2H3. The molecule has 0 radical (unpaired) electrons. The maximum Gasteiger partial charge on any atom is 0.374 e. The highest BCUT2D eigenvalue weighted by Gasteiger charge is 2.34. The summed E-state index contributed by atoms with van der Waals surface area (Å²) in [6.45, 7) is 3.58. The van der Waals surface area contributed by atoms with Crippen molar-refractivity contribution in [2.45, 2.75) is 42.8 Å². The van der Waals surface area contributed by atoms with Crippen molar-refractivity contribution in [2.75, 3.05) is 11.5 Å². The van der Waals surface area contributed by atoms with Crippen molar-refractivity contribution in [2.24, 2.45) is 0 Å². The van der Waals surface area contributed by atoms with Gasteiger partial charge in [0.2, 0.25) is 16.8 Å². The normalized spacial score (nSPS) is 13.6. The predicted molar refractivity (Wildman–Crippen MR) is 116 cm³/mol. The molecule has 0 bridgehead atoms. The van der Waals surface area contributed by atoms with Crippen LogP contribution >= 0.6 is 39.0 Å². The van der Waals surface area contributed by atoms with E-state index in [4.69, 9.17) is 9.15 Å². The smallest absolute Gasteiger partial charge is 0.374 e. The number of carbonyl (C=O) groups is 2. The number of esters is 1. The van der Waals surface area contributed by atoms with E-state index in [0.717, 1.165) is 32.6 Å². The van der Waals surface area contributed by atoms with E-state index in [2.05, 4.69) is 26.1 Å². The molecular weight excluding hydrogens is 478 g/mol. The molecule has 0 saturated heterocycles. The van der Waals surface area contributed by atoms with Crippen LogP contribution in [0.15, 0.2) is 31.4 Å². The zero-order chi connectivity index (χ0) is 20.5. The average molecular weight is 496 g/mol. The van der Waals surface area contributed by atoms with Crippen molar-refractivity contribution < 1.29 is 18.7 Å². The summed E-state index contributed by atoms with van der Waals surface area (Å²) >= 11 is 6.31. The number of benzene rings is 1. The number of rotatable bonds is 7. The second-order valence-electron chi connectivity index (χ2n) is 6.53. The summed E-state index contributed by atoms with van der Waals surface area (Å²) in [6, 6.07) is 5.85. The summed E-state index contributed by atoms with van der Waals surface area (Å²) in [7, 11) is 0. The molecule has 0 spiro atoms. The number of carbonyl (C=O) groups excluding carboxylic acids is 2. The minimum absolute atomic E-state index is 0.0181. The fourth-order valence-electron chi connectivity index (χ4n) is 3.00. The number of nitrogens with zero attached hydrogens (tertiary/aromatic N) is 3. The van der Waals surface area contributed by atoms with Gasteiger partial charge in [-0.2, -0.15) is 0 Å². The number of halogens is 1. The molecule has 1 aliphatic carbocycles. The van der Waals surface area contributed by atoms with E-state index < -0.39 is 5.97 Å². The minimum atomic E-state index is -0.482. The van der Waals surface area contributed by atoms with Crippen LogP contribution in [-0.2, 0) is 15.3 Å². The molecule has 7 nitrogen and oxygen atoms in total. The van der Waals surface area contributed by atoms with E-state index >= 15 is 0 Å². The lowest BCUT2D eigenvalue weighted by molar-refractivity contribution is -0.116. The zero-order valence-corrected chi connectivity index (χ0v) is 19.0. The molecule has 1 fully saturated rings. The summed E-state index contributed by atoms with van der Waals surface area (Å²) in [5.41, 5.74) is 1.38. The lowest BCUT2D eigenvalue weighted by Gasteiger charge is -2.15. The monoisotopic (exact) mass is 495 g/mol. The SMILES string of the molecule is CCOC(=O)c1oc2ccc(Br)cc2c1CSc1nnc(N(C(C)=O)C2CC2)s1. The molecule has 10 heteroatoms. The molecule has 1 aromatic carbocycles. The Kier molecular flexibility index (Phi) is 5.93. The molecule has 0 aliphatic heterocycles. The van der Waals surface area contributed by atoms with Crippen LogP contribution in [0.1, 0.15) is 42.8 Å². The van der Waals surface area contributed by atoms with Gasteiger partial charge in [-0.05, 0) is 38.0 Å². The number of hydrogen-bond donors (Lipinski definition) is 0. The number of fused-ring (bicyclic) bond motifs is 1. The predicted octanol–water partition coefficient (Wildman–Crippen LogP) is 5.03. The van der Waals surface area contributed by atoms with Gasteiger partial charge in [-0.25, -0.2) is 4.79 Å². The van der Waals surface area contributed by atoms with Crippen molar-refractivity contribution in [3.05, 3.63) is 34.0 Å². The third kappa shape index (κ3) is 4.34. The summed E-state index contributed by atoms with van der Waals surface area (Å²) in [5.74, 6) is 0.177. The van der Waals surface area contributed by atoms with Gasteiger partial charge in [-0.15, -0.1) is 10.2 Å². The Labute approximate surface area is 183 Å². The molecule has 0 unspecified atom stereocenters. The van der Waals surface area contributed by atoms with E-state index in [1.807, 2.05) is 18.2 Å². The minimum Gasteiger partial charge on any atom is -0.460 e. The van der Waals surface area contributed by atoms with Crippen LogP contribution < -0.4 is 4.90 Å². The van der Waals surface area contributed by atoms with E-state index in [1.165, 1.54) is 23.1 Å². The average Bonchev–Trinajstić information content (AvgIpc) is 3.28. The van der Waals surface area contributed by atoms with Crippen molar-refractivity contribution in [3.63, 3.8) is 0 Å². The van der Waals surface area contributed by atoms with Crippen LogP contribution in [-0.4, -0.2) is 34.7 Å². The highest BCUT2D eigenvalue weighted by Crippen LogP contribution is 2.38. The zero-order valence-electron chi connectivity index (χ0n) is 15.8. The van der Waals surface area contributed by atoms with Gasteiger partial charge in [0, 0.05) is 34.1 Å². The van der Waals surface area contributed by atoms with Gasteiger partial charge in [-0.3, -0.25) is 9.69 Å². The molecule has 3 aromatic rings. The fraction of sp³-hybridized carbons (Fsp3) is 0.368. The molecular formula is C19H18BrN3O4S2. The maximum absolute atomic E-state index is 12.4. The molecule has 2 heterocycles. The molecule has 1 saturated carbocycles. The van der Waals surface area contributed by atoms with Crippen LogP contribution in [0.25, 0.3) is 11.0 Å². The largest absolute Gasteiger partial charge is 0.460 e. The molecule has 0 N–H and O–H groups in total. The molecule has 152 valence electrons. The first-order valence-electron chi connectivity index (χ1n) is 9.12. The molecule has 0 atom stereocenters. The van der Waals surface area contributed by atoms with Crippen LogP contribution in [0, 0.1) is 0 Å². The van der Waals surface area contributed by atoms with Crippen molar-refractivity contribution in [1.29, 1.82) is 0 Å². The van der Waals surface area contributed by atoms with Crippen LogP contribution in [0.4, 0.5) is 5.13 Å². The third-order valence-corrected chi connectivity index (χ3v) is 6.98. The Morgan fingerprint density at radius 3 is 2.86 bits per heavy atom. The quantitative estimate of drug-likeness (QED) is 0.258. The number of furan rings is 1. The van der Waals surface area contributed by atoms with Gasteiger partial charge in [0.05, 0.1) is 6.61 Å². The van der Waals surface area contributed by atoms with Gasteiger partial charge in [0.1, 0.15) is 5.58 Å². The first-order valence-corrected chi connectivity index (χ1v) is 11.7. The van der Waals surface area contributed by atoms with Crippen LogP contribution in [0.5, 0.6) is 0 Å². The van der Waals surface area contributed by atoms with Gasteiger partial charge in [0.25, 0.3) is 0 Å². The van der Waals surface area contributed by atoms with Crippen molar-refractivity contribution in [3.8, 4) is 0 Å². The molecule has 1 aliphatic rings. The van der Waals surface area contributed by atoms with E-state index in [9.17, 15) is 9.59 Å². The van der Waals surface area contributed by atoms with E-state index in [-0.39, 0.29) is 24.3 Å². The second kappa shape index (κ2) is 8.45. The lowest BCUT2D eigenvalue weighted by Crippen LogP contribution is -2.30. The number of hydrogen-bond acceptors (Lipinski definition) is 8. The highest BCUT2D eigenvalue weighted by molar-refractivity contribution is 9.10. The van der Waals surface area contributed by atoms with Crippen LogP contribution in [0.3, 0.4) is 0 Å². The van der Waals surface area contributed by atoms with E-state index in [0.29, 0.717) is 16.5 Å². The number of anilines is 1. The Morgan fingerprint density at radius 2 is 2.17 bits per heavy atom. The summed E-state index contributed by atoms with van der Waals surface area (Å²) in [5, 5.41) is 9.88. The summed E-state index contributed by atoms with van der Waals surface area (Å²) in [4.78, 5) is 26.0. The van der Waals surface area contributed by atoms with Gasteiger partial charge in [0.15, 0.2) is 4.34 Å². The van der Waals surface area contributed by atoms with Crippen LogP contribution in [0.2, 0.25) is 0 Å². The Bertz CT molecular complexity index is 1080. The molecule has 29 heavy (non-hydrogen) atoms. The first-order chi connectivity index (χ1) is 14.0. The number of thioether (sulfide) groups is 1. The first kappa shape index (κ1) is 20.4. The van der Waals surface area contributed by atoms with E-state index in [1.54, 1.807) is 18.7 Å². The molecule has 4 rings (SSSR count).